The Bertz CT molecular complexity index is 737. The van der Waals surface area contributed by atoms with Gasteiger partial charge in [-0.1, -0.05) is 60.7 Å². The Labute approximate surface area is 166 Å². The predicted octanol–water partition coefficient (Wildman–Crippen LogP) is 3.63. The van der Waals surface area contributed by atoms with E-state index < -0.39 is 5.79 Å². The summed E-state index contributed by atoms with van der Waals surface area (Å²) in [4.78, 5) is 0. The molecule has 2 heterocycles. The molecule has 0 amide bonds. The highest BCUT2D eigenvalue weighted by Crippen LogP contribution is 2.39. The van der Waals surface area contributed by atoms with E-state index in [1.165, 1.54) is 5.56 Å². The summed E-state index contributed by atoms with van der Waals surface area (Å²) in [6.45, 7) is 6.05. The Balaban J connectivity index is 1.33. The zero-order valence-corrected chi connectivity index (χ0v) is 16.5. The van der Waals surface area contributed by atoms with Crippen molar-refractivity contribution in [2.75, 3.05) is 6.54 Å². The van der Waals surface area contributed by atoms with Crippen molar-refractivity contribution in [2.24, 2.45) is 0 Å². The molecule has 5 nitrogen and oxygen atoms in total. The van der Waals surface area contributed by atoms with Crippen molar-refractivity contribution in [3.63, 3.8) is 0 Å². The second-order valence-electron chi connectivity index (χ2n) is 7.86. The molecule has 2 aliphatic rings. The SMILES string of the molecule is CC1(C)O[C@H]2O[C@H](CCNCc3ccccc3)[C@H](OCc3ccccc3)[C@H]2O1. The van der Waals surface area contributed by atoms with Gasteiger partial charge in [-0.3, -0.25) is 0 Å². The van der Waals surface area contributed by atoms with Gasteiger partial charge < -0.3 is 24.3 Å². The van der Waals surface area contributed by atoms with Gasteiger partial charge in [0.15, 0.2) is 12.1 Å². The number of hydrogen-bond donors (Lipinski definition) is 1. The van der Waals surface area contributed by atoms with Crippen LogP contribution >= 0.6 is 0 Å². The zero-order valence-electron chi connectivity index (χ0n) is 16.5. The summed E-state index contributed by atoms with van der Waals surface area (Å²) >= 11 is 0. The van der Waals surface area contributed by atoms with Crippen LogP contribution in [0.2, 0.25) is 0 Å². The topological polar surface area (TPSA) is 49.0 Å². The van der Waals surface area contributed by atoms with Crippen LogP contribution in [-0.2, 0) is 32.1 Å². The Kier molecular flexibility index (Phi) is 6.09. The van der Waals surface area contributed by atoms with Crippen molar-refractivity contribution in [2.45, 2.75) is 63.8 Å². The molecule has 0 spiro atoms. The Morgan fingerprint density at radius 1 is 0.929 bits per heavy atom. The first kappa shape index (κ1) is 19.6. The van der Waals surface area contributed by atoms with Crippen molar-refractivity contribution in [1.82, 2.24) is 5.32 Å². The van der Waals surface area contributed by atoms with Gasteiger partial charge in [0.2, 0.25) is 0 Å². The molecule has 0 aliphatic carbocycles. The van der Waals surface area contributed by atoms with Crippen LogP contribution in [0.15, 0.2) is 60.7 Å². The number of hydrogen-bond acceptors (Lipinski definition) is 5. The minimum absolute atomic E-state index is 0.0573. The summed E-state index contributed by atoms with van der Waals surface area (Å²) in [6.07, 6.45) is 0.0724. The van der Waals surface area contributed by atoms with Crippen LogP contribution in [-0.4, -0.2) is 36.9 Å². The molecule has 4 rings (SSSR count). The quantitative estimate of drug-likeness (QED) is 0.706. The average molecular weight is 383 g/mol. The molecule has 2 aliphatic heterocycles. The molecule has 0 radical (unpaired) electrons. The molecule has 0 aromatic heterocycles. The van der Waals surface area contributed by atoms with Gasteiger partial charge in [0.25, 0.3) is 0 Å². The van der Waals surface area contributed by atoms with Gasteiger partial charge in [0, 0.05) is 6.54 Å². The largest absolute Gasteiger partial charge is 0.368 e. The third kappa shape index (κ3) is 4.80. The smallest absolute Gasteiger partial charge is 0.190 e. The van der Waals surface area contributed by atoms with Crippen LogP contribution in [0.5, 0.6) is 0 Å². The Morgan fingerprint density at radius 2 is 1.61 bits per heavy atom. The van der Waals surface area contributed by atoms with Gasteiger partial charge in [0.1, 0.15) is 12.2 Å². The number of rotatable bonds is 8. The summed E-state index contributed by atoms with van der Waals surface area (Å²) in [5, 5.41) is 3.49. The van der Waals surface area contributed by atoms with Crippen molar-refractivity contribution in [1.29, 1.82) is 0 Å². The first-order chi connectivity index (χ1) is 13.6. The molecule has 150 valence electrons. The van der Waals surface area contributed by atoms with Gasteiger partial charge in [-0.2, -0.15) is 0 Å². The van der Waals surface area contributed by atoms with Crippen LogP contribution < -0.4 is 5.32 Å². The molecule has 2 aromatic rings. The van der Waals surface area contributed by atoms with Crippen molar-refractivity contribution in [3.8, 4) is 0 Å². The minimum atomic E-state index is -0.639. The molecule has 2 aromatic carbocycles. The fourth-order valence-electron chi connectivity index (χ4n) is 3.82. The van der Waals surface area contributed by atoms with E-state index in [0.717, 1.165) is 25.1 Å². The average Bonchev–Trinajstić information content (AvgIpc) is 3.16. The lowest BCUT2D eigenvalue weighted by atomic mass is 10.1. The van der Waals surface area contributed by atoms with E-state index in [9.17, 15) is 0 Å². The summed E-state index contributed by atoms with van der Waals surface area (Å²) in [5.74, 6) is -0.639. The third-order valence-corrected chi connectivity index (χ3v) is 5.15. The van der Waals surface area contributed by atoms with Gasteiger partial charge in [-0.25, -0.2) is 0 Å². The molecular formula is C23H29NO4. The molecule has 0 unspecified atom stereocenters. The van der Waals surface area contributed by atoms with E-state index >= 15 is 0 Å². The summed E-state index contributed by atoms with van der Waals surface area (Å²) in [6, 6.07) is 20.6. The second-order valence-corrected chi connectivity index (χ2v) is 7.86. The van der Waals surface area contributed by atoms with Gasteiger partial charge in [-0.15, -0.1) is 0 Å². The molecule has 0 bridgehead atoms. The maximum absolute atomic E-state index is 6.27. The van der Waals surface area contributed by atoms with Crippen LogP contribution in [0.1, 0.15) is 31.4 Å². The van der Waals surface area contributed by atoms with Crippen LogP contribution in [0, 0.1) is 0 Å². The van der Waals surface area contributed by atoms with E-state index in [1.807, 2.05) is 38.1 Å². The highest BCUT2D eigenvalue weighted by molar-refractivity contribution is 5.14. The van der Waals surface area contributed by atoms with E-state index in [4.69, 9.17) is 18.9 Å². The van der Waals surface area contributed by atoms with Crippen molar-refractivity contribution in [3.05, 3.63) is 71.8 Å². The molecule has 5 heteroatoms. The predicted molar refractivity (Wildman–Crippen MR) is 106 cm³/mol. The molecule has 28 heavy (non-hydrogen) atoms. The maximum atomic E-state index is 6.27. The fourth-order valence-corrected chi connectivity index (χ4v) is 3.82. The summed E-state index contributed by atoms with van der Waals surface area (Å²) < 4.78 is 24.4. The number of fused-ring (bicyclic) bond motifs is 1. The van der Waals surface area contributed by atoms with E-state index in [2.05, 4.69) is 41.7 Å². The van der Waals surface area contributed by atoms with Crippen LogP contribution in [0.25, 0.3) is 0 Å². The first-order valence-corrected chi connectivity index (χ1v) is 10.0. The number of benzene rings is 2. The lowest BCUT2D eigenvalue weighted by Gasteiger charge is -2.26. The normalized spacial score (nSPS) is 28.4. The molecule has 2 saturated heterocycles. The van der Waals surface area contributed by atoms with Gasteiger partial charge in [0.05, 0.1) is 12.7 Å². The van der Waals surface area contributed by atoms with E-state index in [1.54, 1.807) is 0 Å². The fraction of sp³-hybridized carbons (Fsp3) is 0.478. The number of nitrogens with one attached hydrogen (secondary N) is 1. The Morgan fingerprint density at radius 3 is 2.32 bits per heavy atom. The van der Waals surface area contributed by atoms with Gasteiger partial charge in [-0.05, 0) is 37.9 Å². The van der Waals surface area contributed by atoms with Crippen molar-refractivity contribution < 1.29 is 18.9 Å². The zero-order chi connectivity index (χ0) is 19.4. The third-order valence-electron chi connectivity index (χ3n) is 5.15. The minimum Gasteiger partial charge on any atom is -0.368 e. The second kappa shape index (κ2) is 8.72. The van der Waals surface area contributed by atoms with Crippen molar-refractivity contribution >= 4 is 0 Å². The summed E-state index contributed by atoms with van der Waals surface area (Å²) in [7, 11) is 0. The van der Waals surface area contributed by atoms with Gasteiger partial charge >= 0.3 is 0 Å². The van der Waals surface area contributed by atoms with Crippen LogP contribution in [0.3, 0.4) is 0 Å². The molecule has 0 saturated carbocycles. The highest BCUT2D eigenvalue weighted by atomic mass is 16.8. The highest BCUT2D eigenvalue weighted by Gasteiger charge is 2.55. The molecular weight excluding hydrogens is 354 g/mol. The molecule has 1 N–H and O–H groups in total. The molecule has 4 atom stereocenters. The lowest BCUT2D eigenvalue weighted by molar-refractivity contribution is -0.219. The van der Waals surface area contributed by atoms with E-state index in [-0.39, 0.29) is 24.6 Å². The maximum Gasteiger partial charge on any atom is 0.190 e. The Hall–Kier alpha value is -1.76. The van der Waals surface area contributed by atoms with E-state index in [0.29, 0.717) is 6.61 Å². The van der Waals surface area contributed by atoms with Crippen LogP contribution in [0.4, 0.5) is 0 Å². The summed E-state index contributed by atoms with van der Waals surface area (Å²) in [5.41, 5.74) is 2.42. The molecule has 2 fully saturated rings. The monoisotopic (exact) mass is 383 g/mol. The standard InChI is InChI=1S/C23H29NO4/c1-23(2)27-21-20(25-16-18-11-7-4-8-12-18)19(26-22(21)28-23)13-14-24-15-17-9-5-3-6-10-17/h3-12,19-22,24H,13-16H2,1-2H3/t19-,20+,21-,22-/m1/s1. The first-order valence-electron chi connectivity index (χ1n) is 10.0. The number of ether oxygens (including phenoxy) is 4. The lowest BCUT2D eigenvalue weighted by Crippen LogP contribution is -2.38.